The number of rotatable bonds is 4. The Labute approximate surface area is 90.1 Å². The molecule has 3 nitrogen and oxygen atoms in total. The van der Waals surface area contributed by atoms with E-state index < -0.39 is 0 Å². The van der Waals surface area contributed by atoms with E-state index in [1.54, 1.807) is 7.11 Å². The maximum absolute atomic E-state index is 8.29. The molecule has 4 heteroatoms. The molecule has 76 valence electrons. The summed E-state index contributed by atoms with van der Waals surface area (Å²) in [6, 6.07) is 9.79. The molecule has 0 saturated carbocycles. The van der Waals surface area contributed by atoms with E-state index >= 15 is 0 Å². The number of hydrogen-bond donors (Lipinski definition) is 1. The van der Waals surface area contributed by atoms with Gasteiger partial charge in [0.15, 0.2) is 0 Å². The lowest BCUT2D eigenvalue weighted by molar-refractivity contribution is 0.414. The molecule has 0 atom stereocenters. The van der Waals surface area contributed by atoms with Crippen LogP contribution in [0.25, 0.3) is 0 Å². The Morgan fingerprint density at radius 3 is 2.50 bits per heavy atom. The smallest absolute Gasteiger partial charge is 0.118 e. The SMILES string of the molecule is COc1ccc(CNCC#N)cc1.Cl. The van der Waals surface area contributed by atoms with E-state index in [-0.39, 0.29) is 12.4 Å². The Kier molecular flexibility index (Phi) is 6.55. The third-order valence-corrected chi connectivity index (χ3v) is 1.69. The van der Waals surface area contributed by atoms with Gasteiger partial charge in [-0.25, -0.2) is 0 Å². The predicted molar refractivity (Wildman–Crippen MR) is 57.6 cm³/mol. The molecule has 1 aromatic rings. The van der Waals surface area contributed by atoms with E-state index in [0.29, 0.717) is 6.54 Å². The van der Waals surface area contributed by atoms with Crippen LogP contribution in [0.1, 0.15) is 5.56 Å². The standard InChI is InChI=1S/C10H12N2O.ClH/c1-13-10-4-2-9(3-5-10)8-12-7-6-11;/h2-5,12H,7-8H2,1H3;1H. The molecule has 14 heavy (non-hydrogen) atoms. The lowest BCUT2D eigenvalue weighted by Crippen LogP contribution is -2.12. The Morgan fingerprint density at radius 1 is 1.36 bits per heavy atom. The van der Waals surface area contributed by atoms with Crippen LogP contribution in [-0.2, 0) is 6.54 Å². The van der Waals surface area contributed by atoms with Gasteiger partial charge in [0.25, 0.3) is 0 Å². The molecule has 0 heterocycles. The summed E-state index contributed by atoms with van der Waals surface area (Å²) in [5.74, 6) is 0.851. The molecule has 0 aromatic heterocycles. The highest BCUT2D eigenvalue weighted by Gasteiger charge is 1.92. The van der Waals surface area contributed by atoms with Crippen molar-refractivity contribution in [2.45, 2.75) is 6.54 Å². The Balaban J connectivity index is 0.00000169. The van der Waals surface area contributed by atoms with Gasteiger partial charge < -0.3 is 10.1 Å². The fourth-order valence-electron chi connectivity index (χ4n) is 1.01. The number of ether oxygens (including phenoxy) is 1. The second kappa shape index (κ2) is 7.19. The van der Waals surface area contributed by atoms with Crippen molar-refractivity contribution in [1.82, 2.24) is 5.32 Å². The average molecular weight is 213 g/mol. The first-order valence-electron chi connectivity index (χ1n) is 4.07. The zero-order valence-corrected chi connectivity index (χ0v) is 8.80. The first-order valence-corrected chi connectivity index (χ1v) is 4.07. The highest BCUT2D eigenvalue weighted by molar-refractivity contribution is 5.85. The van der Waals surface area contributed by atoms with Crippen molar-refractivity contribution in [1.29, 1.82) is 5.26 Å². The summed E-state index contributed by atoms with van der Waals surface area (Å²) < 4.78 is 5.02. The van der Waals surface area contributed by atoms with Crippen LogP contribution in [0.2, 0.25) is 0 Å². The molecule has 1 N–H and O–H groups in total. The zero-order chi connectivity index (χ0) is 9.52. The van der Waals surface area contributed by atoms with Crippen molar-refractivity contribution in [3.8, 4) is 11.8 Å². The van der Waals surface area contributed by atoms with E-state index in [2.05, 4.69) is 5.32 Å². The van der Waals surface area contributed by atoms with Gasteiger partial charge in [0.05, 0.1) is 19.7 Å². The monoisotopic (exact) mass is 212 g/mol. The first-order chi connectivity index (χ1) is 6.36. The molecule has 0 unspecified atom stereocenters. The number of hydrogen-bond acceptors (Lipinski definition) is 3. The number of nitrogens with one attached hydrogen (secondary N) is 1. The van der Waals surface area contributed by atoms with E-state index in [9.17, 15) is 0 Å². The van der Waals surface area contributed by atoms with Gasteiger partial charge in [-0.15, -0.1) is 12.4 Å². The van der Waals surface area contributed by atoms with Crippen molar-refractivity contribution >= 4 is 12.4 Å². The van der Waals surface area contributed by atoms with Gasteiger partial charge in [-0.3, -0.25) is 0 Å². The van der Waals surface area contributed by atoms with Gasteiger partial charge in [-0.1, -0.05) is 12.1 Å². The second-order valence-electron chi connectivity index (χ2n) is 2.61. The summed E-state index contributed by atoms with van der Waals surface area (Å²) >= 11 is 0. The highest BCUT2D eigenvalue weighted by atomic mass is 35.5. The fourth-order valence-corrected chi connectivity index (χ4v) is 1.01. The van der Waals surface area contributed by atoms with Crippen molar-refractivity contribution in [3.05, 3.63) is 29.8 Å². The minimum absolute atomic E-state index is 0. The number of nitrogens with zero attached hydrogens (tertiary/aromatic N) is 1. The molecule has 0 spiro atoms. The van der Waals surface area contributed by atoms with Crippen LogP contribution in [0.3, 0.4) is 0 Å². The van der Waals surface area contributed by atoms with E-state index in [1.807, 2.05) is 30.3 Å². The molecule has 0 fully saturated rings. The van der Waals surface area contributed by atoms with Gasteiger partial charge >= 0.3 is 0 Å². The number of methoxy groups -OCH3 is 1. The van der Waals surface area contributed by atoms with Crippen molar-refractivity contribution in [3.63, 3.8) is 0 Å². The molecule has 0 aliphatic carbocycles. The highest BCUT2D eigenvalue weighted by Crippen LogP contribution is 2.10. The van der Waals surface area contributed by atoms with Crippen LogP contribution in [0.15, 0.2) is 24.3 Å². The summed E-state index contributed by atoms with van der Waals surface area (Å²) in [5.41, 5.74) is 1.15. The van der Waals surface area contributed by atoms with E-state index in [0.717, 1.165) is 17.9 Å². The van der Waals surface area contributed by atoms with Crippen molar-refractivity contribution < 1.29 is 4.74 Å². The second-order valence-corrected chi connectivity index (χ2v) is 2.61. The molecule has 0 amide bonds. The van der Waals surface area contributed by atoms with Crippen LogP contribution in [-0.4, -0.2) is 13.7 Å². The fraction of sp³-hybridized carbons (Fsp3) is 0.300. The number of halogens is 1. The van der Waals surface area contributed by atoms with E-state index in [1.165, 1.54) is 0 Å². The van der Waals surface area contributed by atoms with E-state index in [4.69, 9.17) is 10.00 Å². The molecular formula is C10H13ClN2O. The average Bonchev–Trinajstić information content (AvgIpc) is 2.19. The number of benzene rings is 1. The van der Waals surface area contributed by atoms with Crippen LogP contribution in [0, 0.1) is 11.3 Å². The normalized spacial score (nSPS) is 8.57. The Bertz CT molecular complexity index is 292. The third-order valence-electron chi connectivity index (χ3n) is 1.69. The summed E-state index contributed by atoms with van der Waals surface area (Å²) in [4.78, 5) is 0. The van der Waals surface area contributed by atoms with Gasteiger partial charge in [0.2, 0.25) is 0 Å². The zero-order valence-electron chi connectivity index (χ0n) is 7.99. The molecule has 1 aromatic carbocycles. The van der Waals surface area contributed by atoms with Crippen LogP contribution in [0.5, 0.6) is 5.75 Å². The quantitative estimate of drug-likeness (QED) is 0.611. The van der Waals surface area contributed by atoms with Gasteiger partial charge in [0, 0.05) is 6.54 Å². The predicted octanol–water partition coefficient (Wildman–Crippen LogP) is 1.73. The Hall–Kier alpha value is -1.24. The van der Waals surface area contributed by atoms with Crippen LogP contribution < -0.4 is 10.1 Å². The topological polar surface area (TPSA) is 45.0 Å². The molecule has 1 rings (SSSR count). The summed E-state index contributed by atoms with van der Waals surface area (Å²) in [7, 11) is 1.64. The lowest BCUT2D eigenvalue weighted by atomic mass is 10.2. The van der Waals surface area contributed by atoms with Gasteiger partial charge in [-0.05, 0) is 17.7 Å². The van der Waals surface area contributed by atoms with Crippen LogP contribution >= 0.6 is 12.4 Å². The molecular weight excluding hydrogens is 200 g/mol. The van der Waals surface area contributed by atoms with Gasteiger partial charge in [0.1, 0.15) is 5.75 Å². The number of nitriles is 1. The van der Waals surface area contributed by atoms with Gasteiger partial charge in [-0.2, -0.15) is 5.26 Å². The summed E-state index contributed by atoms with van der Waals surface area (Å²) in [6.45, 7) is 1.10. The molecule has 0 aliphatic heterocycles. The maximum Gasteiger partial charge on any atom is 0.118 e. The minimum Gasteiger partial charge on any atom is -0.497 e. The third kappa shape index (κ3) is 4.13. The maximum atomic E-state index is 8.29. The minimum atomic E-state index is 0. The van der Waals surface area contributed by atoms with Crippen molar-refractivity contribution in [2.75, 3.05) is 13.7 Å². The lowest BCUT2D eigenvalue weighted by Gasteiger charge is -2.02. The summed E-state index contributed by atoms with van der Waals surface area (Å²) in [6.07, 6.45) is 0. The summed E-state index contributed by atoms with van der Waals surface area (Å²) in [5, 5.41) is 11.3. The molecule has 0 radical (unpaired) electrons. The Morgan fingerprint density at radius 2 is 2.00 bits per heavy atom. The largest absolute Gasteiger partial charge is 0.497 e. The molecule has 0 bridgehead atoms. The van der Waals surface area contributed by atoms with Crippen LogP contribution in [0.4, 0.5) is 0 Å². The molecule has 0 aliphatic rings. The first kappa shape index (κ1) is 12.8. The molecule has 0 saturated heterocycles. The van der Waals surface area contributed by atoms with Crippen molar-refractivity contribution in [2.24, 2.45) is 0 Å².